The van der Waals surface area contributed by atoms with Crippen LogP contribution in [0.2, 0.25) is 0 Å². The summed E-state index contributed by atoms with van der Waals surface area (Å²) in [4.78, 5) is 24.9. The Morgan fingerprint density at radius 2 is 1.70 bits per heavy atom. The molecule has 0 bridgehead atoms. The van der Waals surface area contributed by atoms with Crippen LogP contribution in [0.4, 0.5) is 11.4 Å². The molecule has 0 aliphatic rings. The fourth-order valence-electron chi connectivity index (χ4n) is 2.94. The van der Waals surface area contributed by atoms with E-state index in [4.69, 9.17) is 0 Å². The standard InChI is InChI=1S/C22H24N4O/c1-3-26(19-7-5-4-6-8-19)20-9-10-21(24-17-20)22(27)25(2)16-13-18-11-14-23-15-12-18/h4-12,14-15,17H,3,13,16H2,1-2H3. The van der Waals surface area contributed by atoms with Crippen LogP contribution in [-0.2, 0) is 6.42 Å². The summed E-state index contributed by atoms with van der Waals surface area (Å²) < 4.78 is 0. The lowest BCUT2D eigenvalue weighted by atomic mass is 10.2. The Morgan fingerprint density at radius 3 is 2.33 bits per heavy atom. The number of pyridine rings is 2. The van der Waals surface area contributed by atoms with Gasteiger partial charge in [0.15, 0.2) is 0 Å². The van der Waals surface area contributed by atoms with Crippen LogP contribution in [0, 0.1) is 0 Å². The highest BCUT2D eigenvalue weighted by Crippen LogP contribution is 2.24. The smallest absolute Gasteiger partial charge is 0.272 e. The van der Waals surface area contributed by atoms with E-state index in [-0.39, 0.29) is 5.91 Å². The minimum atomic E-state index is -0.0710. The third-order valence-corrected chi connectivity index (χ3v) is 4.49. The summed E-state index contributed by atoms with van der Waals surface area (Å²) in [5.74, 6) is -0.0710. The number of hydrogen-bond donors (Lipinski definition) is 0. The van der Waals surface area contributed by atoms with Crippen LogP contribution in [0.1, 0.15) is 23.0 Å². The summed E-state index contributed by atoms with van der Waals surface area (Å²) in [5.41, 5.74) is 3.70. The maximum Gasteiger partial charge on any atom is 0.272 e. The van der Waals surface area contributed by atoms with E-state index in [0.717, 1.165) is 29.9 Å². The summed E-state index contributed by atoms with van der Waals surface area (Å²) in [6, 6.07) is 17.8. The first kappa shape index (κ1) is 18.6. The second kappa shape index (κ2) is 8.94. The van der Waals surface area contributed by atoms with Crippen LogP contribution in [-0.4, -0.2) is 40.9 Å². The monoisotopic (exact) mass is 360 g/mol. The van der Waals surface area contributed by atoms with Gasteiger partial charge in [0.1, 0.15) is 5.69 Å². The minimum absolute atomic E-state index is 0.0710. The van der Waals surface area contributed by atoms with Crippen molar-refractivity contribution in [2.24, 2.45) is 0 Å². The SMILES string of the molecule is CCN(c1ccccc1)c1ccc(C(=O)N(C)CCc2ccncc2)nc1. The van der Waals surface area contributed by atoms with E-state index in [1.807, 2.05) is 36.4 Å². The van der Waals surface area contributed by atoms with Gasteiger partial charge in [0.2, 0.25) is 0 Å². The maximum absolute atomic E-state index is 12.6. The molecule has 3 aromatic rings. The van der Waals surface area contributed by atoms with Crippen molar-refractivity contribution in [1.82, 2.24) is 14.9 Å². The quantitative estimate of drug-likeness (QED) is 0.640. The first-order valence-corrected chi connectivity index (χ1v) is 9.12. The second-order valence-electron chi connectivity index (χ2n) is 6.31. The molecule has 5 nitrogen and oxygen atoms in total. The summed E-state index contributed by atoms with van der Waals surface area (Å²) in [6.07, 6.45) is 6.09. The van der Waals surface area contributed by atoms with Crippen LogP contribution >= 0.6 is 0 Å². The Kier molecular flexibility index (Phi) is 6.15. The molecule has 5 heteroatoms. The van der Waals surface area contributed by atoms with Gasteiger partial charge in [-0.05, 0) is 55.3 Å². The van der Waals surface area contributed by atoms with Gasteiger partial charge in [-0.3, -0.25) is 9.78 Å². The number of anilines is 2. The lowest BCUT2D eigenvalue weighted by Gasteiger charge is -2.23. The highest BCUT2D eigenvalue weighted by molar-refractivity contribution is 5.92. The largest absolute Gasteiger partial charge is 0.341 e. The van der Waals surface area contributed by atoms with Crippen molar-refractivity contribution in [1.29, 1.82) is 0 Å². The Balaban J connectivity index is 1.66. The van der Waals surface area contributed by atoms with Crippen molar-refractivity contribution in [3.8, 4) is 0 Å². The topological polar surface area (TPSA) is 49.3 Å². The van der Waals surface area contributed by atoms with Gasteiger partial charge in [0.25, 0.3) is 5.91 Å². The molecule has 0 atom stereocenters. The fraction of sp³-hybridized carbons (Fsp3) is 0.227. The zero-order valence-electron chi connectivity index (χ0n) is 15.7. The molecule has 138 valence electrons. The number of carbonyl (C=O) groups excluding carboxylic acids is 1. The Morgan fingerprint density at radius 1 is 0.963 bits per heavy atom. The first-order valence-electron chi connectivity index (χ1n) is 9.12. The predicted octanol–water partition coefficient (Wildman–Crippen LogP) is 3.95. The van der Waals surface area contributed by atoms with Crippen LogP contribution in [0.3, 0.4) is 0 Å². The van der Waals surface area contributed by atoms with E-state index in [1.54, 1.807) is 36.6 Å². The van der Waals surface area contributed by atoms with Gasteiger partial charge in [-0.15, -0.1) is 0 Å². The van der Waals surface area contributed by atoms with Crippen LogP contribution in [0.15, 0.2) is 73.2 Å². The van der Waals surface area contributed by atoms with Gasteiger partial charge < -0.3 is 9.80 Å². The van der Waals surface area contributed by atoms with Crippen LogP contribution < -0.4 is 4.90 Å². The molecular weight excluding hydrogens is 336 g/mol. The number of nitrogens with zero attached hydrogens (tertiary/aromatic N) is 4. The van der Waals surface area contributed by atoms with Gasteiger partial charge in [-0.2, -0.15) is 0 Å². The first-order chi connectivity index (χ1) is 13.2. The maximum atomic E-state index is 12.6. The van der Waals surface area contributed by atoms with Gasteiger partial charge >= 0.3 is 0 Å². The summed E-state index contributed by atoms with van der Waals surface area (Å²) in [5, 5.41) is 0. The highest BCUT2D eigenvalue weighted by Gasteiger charge is 2.14. The van der Waals surface area contributed by atoms with Crippen LogP contribution in [0.5, 0.6) is 0 Å². The molecule has 0 saturated heterocycles. The molecule has 0 fully saturated rings. The Hall–Kier alpha value is -3.21. The highest BCUT2D eigenvalue weighted by atomic mass is 16.2. The average Bonchev–Trinajstić information content (AvgIpc) is 2.74. The molecule has 0 saturated carbocycles. The van der Waals surface area contributed by atoms with E-state index >= 15 is 0 Å². The summed E-state index contributed by atoms with van der Waals surface area (Å²) in [6.45, 7) is 3.56. The van der Waals surface area contributed by atoms with E-state index in [9.17, 15) is 4.79 Å². The van der Waals surface area contributed by atoms with Crippen molar-refractivity contribution in [2.75, 3.05) is 25.0 Å². The average molecular weight is 360 g/mol. The number of rotatable bonds is 7. The molecule has 2 heterocycles. The molecule has 0 aliphatic heterocycles. The van der Waals surface area contributed by atoms with Gasteiger partial charge in [-0.25, -0.2) is 4.98 Å². The number of hydrogen-bond acceptors (Lipinski definition) is 4. The molecule has 0 spiro atoms. The summed E-state index contributed by atoms with van der Waals surface area (Å²) in [7, 11) is 1.81. The molecule has 1 amide bonds. The lowest BCUT2D eigenvalue weighted by Crippen LogP contribution is -2.29. The number of amides is 1. The van der Waals surface area contributed by atoms with Crippen molar-refractivity contribution >= 4 is 17.3 Å². The van der Waals surface area contributed by atoms with Crippen LogP contribution in [0.25, 0.3) is 0 Å². The normalized spacial score (nSPS) is 10.4. The number of likely N-dealkylation sites (N-methyl/N-ethyl adjacent to an activating group) is 1. The zero-order chi connectivity index (χ0) is 19.1. The third-order valence-electron chi connectivity index (χ3n) is 4.49. The van der Waals surface area contributed by atoms with Crippen molar-refractivity contribution < 1.29 is 4.79 Å². The number of para-hydroxylation sites is 1. The van der Waals surface area contributed by atoms with E-state index in [0.29, 0.717) is 12.2 Å². The van der Waals surface area contributed by atoms with Crippen molar-refractivity contribution in [2.45, 2.75) is 13.3 Å². The molecule has 1 aromatic carbocycles. The lowest BCUT2D eigenvalue weighted by molar-refractivity contribution is 0.0791. The molecule has 0 aliphatic carbocycles. The zero-order valence-corrected chi connectivity index (χ0v) is 15.7. The molecule has 3 rings (SSSR count). The minimum Gasteiger partial charge on any atom is -0.341 e. The Labute approximate surface area is 160 Å². The predicted molar refractivity (Wildman–Crippen MR) is 108 cm³/mol. The van der Waals surface area contributed by atoms with E-state index in [2.05, 4.69) is 33.9 Å². The molecule has 27 heavy (non-hydrogen) atoms. The van der Waals surface area contributed by atoms with Crippen molar-refractivity contribution in [3.63, 3.8) is 0 Å². The molecule has 2 aromatic heterocycles. The number of carbonyl (C=O) groups is 1. The van der Waals surface area contributed by atoms with Gasteiger partial charge in [-0.1, -0.05) is 18.2 Å². The number of benzene rings is 1. The van der Waals surface area contributed by atoms with Crippen molar-refractivity contribution in [3.05, 3.63) is 84.4 Å². The Bertz CT molecular complexity index is 851. The third kappa shape index (κ3) is 4.70. The number of aromatic nitrogens is 2. The molecule has 0 radical (unpaired) electrons. The molecular formula is C22H24N4O. The molecule has 0 N–H and O–H groups in total. The van der Waals surface area contributed by atoms with Gasteiger partial charge in [0.05, 0.1) is 11.9 Å². The molecule has 0 unspecified atom stereocenters. The van der Waals surface area contributed by atoms with Gasteiger partial charge in [0, 0.05) is 38.2 Å². The van der Waals surface area contributed by atoms with E-state index in [1.165, 1.54) is 0 Å². The van der Waals surface area contributed by atoms with E-state index < -0.39 is 0 Å². The summed E-state index contributed by atoms with van der Waals surface area (Å²) >= 11 is 0. The second-order valence-corrected chi connectivity index (χ2v) is 6.31. The fourth-order valence-corrected chi connectivity index (χ4v) is 2.94.